The van der Waals surface area contributed by atoms with Crippen molar-refractivity contribution in [2.75, 3.05) is 23.3 Å². The number of hydrogen-bond acceptors (Lipinski definition) is 7. The molecule has 2 aromatic rings. The lowest BCUT2D eigenvalue weighted by atomic mass is 10.1. The lowest BCUT2D eigenvalue weighted by Gasteiger charge is -2.35. The number of amides is 2. The molecule has 26 heavy (non-hydrogen) atoms. The maximum absolute atomic E-state index is 12.9. The summed E-state index contributed by atoms with van der Waals surface area (Å²) >= 11 is 2.43. The first kappa shape index (κ1) is 20.1. The highest BCUT2D eigenvalue weighted by Crippen LogP contribution is 2.25. The molecule has 0 bridgehead atoms. The van der Waals surface area contributed by atoms with Gasteiger partial charge in [-0.1, -0.05) is 23.1 Å². The predicted molar refractivity (Wildman–Crippen MR) is 102 cm³/mol. The summed E-state index contributed by atoms with van der Waals surface area (Å²) in [6.07, 6.45) is 0. The number of halogens is 1. The van der Waals surface area contributed by atoms with Crippen LogP contribution in [-0.4, -0.2) is 44.7 Å². The molecule has 0 aliphatic carbocycles. The fraction of sp³-hybridized carbons (Fsp3) is 0.375. The molecule has 0 unspecified atom stereocenters. The van der Waals surface area contributed by atoms with E-state index in [0.29, 0.717) is 15.2 Å². The largest absolute Gasteiger partial charge is 0.374 e. The van der Waals surface area contributed by atoms with Crippen molar-refractivity contribution >= 4 is 45.7 Å². The second-order valence-electron chi connectivity index (χ2n) is 6.40. The maximum Gasteiger partial charge on any atom is 0.244 e. The third-order valence-electron chi connectivity index (χ3n) is 3.28. The maximum atomic E-state index is 12.9. The van der Waals surface area contributed by atoms with Crippen molar-refractivity contribution in [3.05, 3.63) is 30.1 Å². The number of nitrogens with one attached hydrogen (secondary N) is 1. The number of benzene rings is 1. The van der Waals surface area contributed by atoms with Crippen LogP contribution in [0.5, 0.6) is 0 Å². The molecule has 2 rings (SSSR count). The number of carbonyl (C=O) groups excluding carboxylic acids is 2. The molecule has 1 aromatic carbocycles. The Morgan fingerprint density at radius 3 is 2.46 bits per heavy atom. The zero-order valence-electron chi connectivity index (χ0n) is 14.7. The topological polar surface area (TPSA) is 101 Å². The molecule has 1 heterocycles. The third-order valence-corrected chi connectivity index (χ3v) is 5.15. The molecule has 2 amide bonds. The Morgan fingerprint density at radius 1 is 1.27 bits per heavy atom. The van der Waals surface area contributed by atoms with Gasteiger partial charge in [-0.3, -0.25) is 9.59 Å². The Morgan fingerprint density at radius 2 is 1.92 bits per heavy atom. The molecule has 0 spiro atoms. The second-order valence-corrected chi connectivity index (χ2v) is 8.63. The third kappa shape index (κ3) is 5.95. The van der Waals surface area contributed by atoms with Crippen LogP contribution in [0.1, 0.15) is 20.8 Å². The van der Waals surface area contributed by atoms with Crippen LogP contribution >= 0.6 is 23.1 Å². The Bertz CT molecular complexity index is 774. The second kappa shape index (κ2) is 8.45. The molecule has 0 radical (unpaired) electrons. The average Bonchev–Trinajstić information content (AvgIpc) is 2.97. The van der Waals surface area contributed by atoms with Crippen LogP contribution in [0.2, 0.25) is 0 Å². The molecular weight excluding hydrogens is 377 g/mol. The van der Waals surface area contributed by atoms with E-state index < -0.39 is 5.54 Å². The first-order valence-electron chi connectivity index (χ1n) is 7.73. The van der Waals surface area contributed by atoms with E-state index in [4.69, 9.17) is 5.73 Å². The van der Waals surface area contributed by atoms with Crippen LogP contribution in [0.15, 0.2) is 28.6 Å². The number of aromatic nitrogens is 2. The molecule has 7 nitrogen and oxygen atoms in total. The van der Waals surface area contributed by atoms with E-state index in [1.54, 1.807) is 0 Å². The number of hydrogen-bond donors (Lipinski definition) is 2. The molecule has 0 saturated heterocycles. The Kier molecular flexibility index (Phi) is 6.54. The summed E-state index contributed by atoms with van der Waals surface area (Å²) in [6, 6.07) is 5.44. The monoisotopic (exact) mass is 397 g/mol. The quantitative estimate of drug-likeness (QED) is 0.727. The van der Waals surface area contributed by atoms with Crippen LogP contribution in [-0.2, 0) is 9.59 Å². The van der Waals surface area contributed by atoms with Gasteiger partial charge in [0, 0.05) is 11.2 Å². The summed E-state index contributed by atoms with van der Waals surface area (Å²) in [6.45, 7) is 5.44. The summed E-state index contributed by atoms with van der Waals surface area (Å²) in [5.74, 6) is -0.824. The molecular formula is C16H20FN5O2S2. The molecule has 10 heteroatoms. The minimum Gasteiger partial charge on any atom is -0.374 e. The zero-order valence-corrected chi connectivity index (χ0v) is 16.3. The number of nitrogen functional groups attached to an aromatic ring is 1. The molecule has 0 atom stereocenters. The van der Waals surface area contributed by atoms with Gasteiger partial charge in [0.1, 0.15) is 12.4 Å². The number of rotatable bonds is 6. The molecule has 3 N–H and O–H groups in total. The van der Waals surface area contributed by atoms with Crippen LogP contribution in [0.4, 0.5) is 15.2 Å². The van der Waals surface area contributed by atoms with Crippen LogP contribution in [0.25, 0.3) is 0 Å². The highest BCUT2D eigenvalue weighted by molar-refractivity contribution is 8.01. The lowest BCUT2D eigenvalue weighted by Crippen LogP contribution is -2.50. The van der Waals surface area contributed by atoms with Crippen molar-refractivity contribution < 1.29 is 14.0 Å². The fourth-order valence-corrected chi connectivity index (χ4v) is 3.57. The highest BCUT2D eigenvalue weighted by Gasteiger charge is 2.28. The highest BCUT2D eigenvalue weighted by atomic mass is 32.2. The number of anilines is 2. The van der Waals surface area contributed by atoms with Crippen molar-refractivity contribution in [3.8, 4) is 0 Å². The Hall–Kier alpha value is -2.20. The Balaban J connectivity index is 1.98. The van der Waals surface area contributed by atoms with Crippen LogP contribution < -0.4 is 11.1 Å². The van der Waals surface area contributed by atoms with Gasteiger partial charge < -0.3 is 16.0 Å². The zero-order chi connectivity index (χ0) is 19.3. The van der Waals surface area contributed by atoms with Gasteiger partial charge in [-0.2, -0.15) is 0 Å². The van der Waals surface area contributed by atoms with Crippen molar-refractivity contribution in [2.45, 2.75) is 30.6 Å². The van der Waals surface area contributed by atoms with E-state index in [-0.39, 0.29) is 29.9 Å². The molecule has 1 aromatic heterocycles. The summed E-state index contributed by atoms with van der Waals surface area (Å²) in [5.41, 5.74) is 5.45. The van der Waals surface area contributed by atoms with Gasteiger partial charge in [-0.15, -0.1) is 10.2 Å². The van der Waals surface area contributed by atoms with Crippen molar-refractivity contribution in [3.63, 3.8) is 0 Å². The summed E-state index contributed by atoms with van der Waals surface area (Å²) in [4.78, 5) is 26.4. The fourth-order valence-electron chi connectivity index (χ4n) is 2.06. The average molecular weight is 398 g/mol. The van der Waals surface area contributed by atoms with Gasteiger partial charge in [0.2, 0.25) is 16.9 Å². The van der Waals surface area contributed by atoms with Gasteiger partial charge in [0.25, 0.3) is 0 Å². The van der Waals surface area contributed by atoms with E-state index >= 15 is 0 Å². The summed E-state index contributed by atoms with van der Waals surface area (Å²) in [5, 5.41) is 10.6. The number of nitrogens with two attached hydrogens (primary N) is 1. The van der Waals surface area contributed by atoms with E-state index in [1.165, 1.54) is 52.3 Å². The Labute approximate surface area is 159 Å². The van der Waals surface area contributed by atoms with E-state index in [2.05, 4.69) is 15.5 Å². The smallest absolute Gasteiger partial charge is 0.244 e. The van der Waals surface area contributed by atoms with Crippen molar-refractivity contribution in [1.82, 2.24) is 15.1 Å². The first-order chi connectivity index (χ1) is 12.1. The number of nitrogens with zero attached hydrogens (tertiary/aromatic N) is 3. The predicted octanol–water partition coefficient (Wildman–Crippen LogP) is 2.62. The van der Waals surface area contributed by atoms with Gasteiger partial charge in [0.05, 0.1) is 5.75 Å². The summed E-state index contributed by atoms with van der Waals surface area (Å²) < 4.78 is 13.5. The van der Waals surface area contributed by atoms with E-state index in [1.807, 2.05) is 20.8 Å². The van der Waals surface area contributed by atoms with Crippen LogP contribution in [0.3, 0.4) is 0 Å². The number of thioether (sulfide) groups is 1. The van der Waals surface area contributed by atoms with Gasteiger partial charge in [-0.25, -0.2) is 4.39 Å². The van der Waals surface area contributed by atoms with Gasteiger partial charge >= 0.3 is 0 Å². The van der Waals surface area contributed by atoms with Crippen LogP contribution in [0, 0.1) is 5.82 Å². The van der Waals surface area contributed by atoms with Crippen molar-refractivity contribution in [1.29, 1.82) is 0 Å². The van der Waals surface area contributed by atoms with Gasteiger partial charge in [0.15, 0.2) is 4.34 Å². The summed E-state index contributed by atoms with van der Waals surface area (Å²) in [7, 11) is 0. The number of carbonyl (C=O) groups is 2. The molecule has 0 aliphatic rings. The molecule has 0 aliphatic heterocycles. The standard InChI is InChI=1S/C16H20FN5O2S2/c1-16(2,3)22(13(24)9-25-15-21-20-14(18)26-15)8-12(23)19-11-6-4-10(17)5-7-11/h4-7H,8-9H2,1-3H3,(H2,18,20)(H,19,23). The normalized spacial score (nSPS) is 11.2. The minimum absolute atomic E-state index is 0.113. The van der Waals surface area contributed by atoms with Gasteiger partial charge in [-0.05, 0) is 45.0 Å². The minimum atomic E-state index is -0.544. The molecule has 140 valence electrons. The SMILES string of the molecule is CC(C)(C)N(CC(=O)Nc1ccc(F)cc1)C(=O)CSc1nnc(N)s1. The van der Waals surface area contributed by atoms with E-state index in [9.17, 15) is 14.0 Å². The first-order valence-corrected chi connectivity index (χ1v) is 9.53. The molecule has 0 saturated carbocycles. The van der Waals surface area contributed by atoms with E-state index in [0.717, 1.165) is 0 Å². The van der Waals surface area contributed by atoms with Crippen molar-refractivity contribution in [2.24, 2.45) is 0 Å². The molecule has 0 fully saturated rings. The lowest BCUT2D eigenvalue weighted by molar-refractivity contribution is -0.137.